The molecular formula is C18H18BrClN2O3. The number of nitrogens with zero attached hydrogens (tertiary/aromatic N) is 1. The maximum absolute atomic E-state index is 11.9. The number of halogens is 2. The minimum atomic E-state index is -0.206. The molecule has 0 unspecified atom stereocenters. The van der Waals surface area contributed by atoms with Gasteiger partial charge in [0.05, 0.1) is 31.4 Å². The first-order valence-corrected chi connectivity index (χ1v) is 8.77. The van der Waals surface area contributed by atoms with Crippen LogP contribution in [-0.4, -0.2) is 25.8 Å². The van der Waals surface area contributed by atoms with Crippen LogP contribution in [0.4, 0.5) is 0 Å². The van der Waals surface area contributed by atoms with Crippen molar-refractivity contribution in [2.45, 2.75) is 13.3 Å². The molecule has 0 aliphatic rings. The number of hydrogen-bond donors (Lipinski definition) is 1. The molecule has 132 valence electrons. The highest BCUT2D eigenvalue weighted by Crippen LogP contribution is 2.35. The number of carbonyl (C=O) groups excluding carboxylic acids is 1. The van der Waals surface area contributed by atoms with Crippen LogP contribution in [0, 0.1) is 0 Å². The van der Waals surface area contributed by atoms with Crippen LogP contribution in [0.5, 0.6) is 11.5 Å². The molecule has 0 saturated heterocycles. The van der Waals surface area contributed by atoms with Gasteiger partial charge in [-0.2, -0.15) is 5.10 Å². The van der Waals surface area contributed by atoms with Crippen LogP contribution < -0.4 is 14.9 Å². The van der Waals surface area contributed by atoms with E-state index in [0.29, 0.717) is 28.7 Å². The van der Waals surface area contributed by atoms with E-state index in [4.69, 9.17) is 21.1 Å². The SMILES string of the molecule is CCOc1c(Cl)cc(/C=N\NC(=O)Cc2ccc(Br)cc2)cc1OC. The Balaban J connectivity index is 2.00. The van der Waals surface area contributed by atoms with E-state index >= 15 is 0 Å². The van der Waals surface area contributed by atoms with E-state index < -0.39 is 0 Å². The average molecular weight is 426 g/mol. The lowest BCUT2D eigenvalue weighted by atomic mass is 10.1. The second kappa shape index (κ2) is 9.44. The number of nitrogens with one attached hydrogen (secondary N) is 1. The van der Waals surface area contributed by atoms with E-state index in [-0.39, 0.29) is 12.3 Å². The van der Waals surface area contributed by atoms with Gasteiger partial charge in [-0.05, 0) is 42.3 Å². The van der Waals surface area contributed by atoms with Crippen LogP contribution in [0.2, 0.25) is 5.02 Å². The number of rotatable bonds is 7. The molecule has 0 radical (unpaired) electrons. The monoisotopic (exact) mass is 424 g/mol. The maximum Gasteiger partial charge on any atom is 0.244 e. The number of hydrogen-bond acceptors (Lipinski definition) is 4. The quantitative estimate of drug-likeness (QED) is 0.534. The Hall–Kier alpha value is -2.05. The predicted molar refractivity (Wildman–Crippen MR) is 103 cm³/mol. The summed E-state index contributed by atoms with van der Waals surface area (Å²) in [6.45, 7) is 2.35. The topological polar surface area (TPSA) is 59.9 Å². The van der Waals surface area contributed by atoms with Crippen molar-refractivity contribution in [3.8, 4) is 11.5 Å². The van der Waals surface area contributed by atoms with Gasteiger partial charge in [0.25, 0.3) is 0 Å². The Morgan fingerprint density at radius 3 is 2.68 bits per heavy atom. The third kappa shape index (κ3) is 5.76. The summed E-state index contributed by atoms with van der Waals surface area (Å²) < 4.78 is 11.7. The van der Waals surface area contributed by atoms with Crippen LogP contribution in [-0.2, 0) is 11.2 Å². The van der Waals surface area contributed by atoms with Crippen LogP contribution in [0.25, 0.3) is 0 Å². The average Bonchev–Trinajstić information content (AvgIpc) is 2.59. The largest absolute Gasteiger partial charge is 0.493 e. The lowest BCUT2D eigenvalue weighted by Crippen LogP contribution is -2.19. The normalized spacial score (nSPS) is 10.7. The molecule has 0 aliphatic heterocycles. The van der Waals surface area contributed by atoms with Crippen LogP contribution in [0.1, 0.15) is 18.1 Å². The van der Waals surface area contributed by atoms with Gasteiger partial charge in [0, 0.05) is 4.47 Å². The summed E-state index contributed by atoms with van der Waals surface area (Å²) in [4.78, 5) is 11.9. The Morgan fingerprint density at radius 2 is 2.04 bits per heavy atom. The standard InChI is InChI=1S/C18H18BrClN2O3/c1-3-25-18-15(20)8-13(9-16(18)24-2)11-21-22-17(23)10-12-4-6-14(19)7-5-12/h4-9,11H,3,10H2,1-2H3,(H,22,23)/b21-11-. The number of benzene rings is 2. The summed E-state index contributed by atoms with van der Waals surface area (Å²) in [5.41, 5.74) is 4.09. The summed E-state index contributed by atoms with van der Waals surface area (Å²) in [5, 5.41) is 4.38. The first-order valence-electron chi connectivity index (χ1n) is 7.60. The van der Waals surface area contributed by atoms with Gasteiger partial charge in [-0.3, -0.25) is 4.79 Å². The third-order valence-corrected chi connectivity index (χ3v) is 4.03. The van der Waals surface area contributed by atoms with Crippen molar-refractivity contribution in [3.63, 3.8) is 0 Å². The fourth-order valence-electron chi connectivity index (χ4n) is 2.10. The van der Waals surface area contributed by atoms with Crippen LogP contribution >= 0.6 is 27.5 Å². The number of hydrazone groups is 1. The van der Waals surface area contributed by atoms with Crippen LogP contribution in [0.15, 0.2) is 46.0 Å². The van der Waals surface area contributed by atoms with Crippen molar-refractivity contribution in [2.75, 3.05) is 13.7 Å². The van der Waals surface area contributed by atoms with Crippen LogP contribution in [0.3, 0.4) is 0 Å². The summed E-state index contributed by atoms with van der Waals surface area (Å²) in [5.74, 6) is 0.794. The first kappa shape index (κ1) is 19.3. The number of amides is 1. The Kier molecular flexibility index (Phi) is 7.28. The lowest BCUT2D eigenvalue weighted by Gasteiger charge is -2.11. The Labute approximate surface area is 160 Å². The van der Waals surface area contributed by atoms with Gasteiger partial charge >= 0.3 is 0 Å². The van der Waals surface area contributed by atoms with E-state index in [1.165, 1.54) is 13.3 Å². The minimum absolute atomic E-state index is 0.206. The van der Waals surface area contributed by atoms with Gasteiger partial charge in [-0.1, -0.05) is 39.7 Å². The van der Waals surface area contributed by atoms with E-state index in [1.54, 1.807) is 12.1 Å². The van der Waals surface area contributed by atoms with Crippen molar-refractivity contribution >= 4 is 39.7 Å². The molecule has 1 N–H and O–H groups in total. The second-order valence-corrected chi connectivity index (χ2v) is 6.39. The van der Waals surface area contributed by atoms with Crippen molar-refractivity contribution in [3.05, 3.63) is 57.0 Å². The van der Waals surface area contributed by atoms with E-state index in [2.05, 4.69) is 26.5 Å². The highest BCUT2D eigenvalue weighted by atomic mass is 79.9. The highest BCUT2D eigenvalue weighted by Gasteiger charge is 2.11. The first-order chi connectivity index (χ1) is 12.0. The smallest absolute Gasteiger partial charge is 0.244 e. The number of carbonyl (C=O) groups is 1. The number of ether oxygens (including phenoxy) is 2. The molecule has 0 spiro atoms. The zero-order valence-electron chi connectivity index (χ0n) is 13.9. The van der Waals surface area contributed by atoms with Crippen molar-refractivity contribution in [1.29, 1.82) is 0 Å². The fraction of sp³-hybridized carbons (Fsp3) is 0.222. The van der Waals surface area contributed by atoms with Gasteiger partial charge in [0.15, 0.2) is 11.5 Å². The zero-order chi connectivity index (χ0) is 18.2. The molecule has 7 heteroatoms. The Bertz CT molecular complexity index is 764. The zero-order valence-corrected chi connectivity index (χ0v) is 16.2. The summed E-state index contributed by atoms with van der Waals surface area (Å²) in [6, 6.07) is 11.0. The molecule has 1 amide bonds. The van der Waals surface area contributed by atoms with Gasteiger partial charge in [-0.25, -0.2) is 5.43 Å². The minimum Gasteiger partial charge on any atom is -0.493 e. The molecular weight excluding hydrogens is 408 g/mol. The molecule has 0 bridgehead atoms. The fourth-order valence-corrected chi connectivity index (χ4v) is 2.64. The maximum atomic E-state index is 11.9. The third-order valence-electron chi connectivity index (χ3n) is 3.22. The molecule has 0 fully saturated rings. The van der Waals surface area contributed by atoms with Gasteiger partial charge in [0.1, 0.15) is 0 Å². The van der Waals surface area contributed by atoms with Crippen molar-refractivity contribution < 1.29 is 14.3 Å². The van der Waals surface area contributed by atoms with Gasteiger partial charge in [0.2, 0.25) is 5.91 Å². The number of methoxy groups -OCH3 is 1. The molecule has 0 aliphatic carbocycles. The predicted octanol–water partition coefficient (Wildman–Crippen LogP) is 4.20. The van der Waals surface area contributed by atoms with Gasteiger partial charge < -0.3 is 9.47 Å². The summed E-state index contributed by atoms with van der Waals surface area (Å²) >= 11 is 9.55. The molecule has 0 atom stereocenters. The van der Waals surface area contributed by atoms with Gasteiger partial charge in [-0.15, -0.1) is 0 Å². The van der Waals surface area contributed by atoms with Crippen molar-refractivity contribution in [1.82, 2.24) is 5.43 Å². The molecule has 2 aromatic rings. The summed E-state index contributed by atoms with van der Waals surface area (Å²) in [7, 11) is 1.54. The molecule has 0 heterocycles. The molecule has 2 rings (SSSR count). The Morgan fingerprint density at radius 1 is 1.32 bits per heavy atom. The molecule has 5 nitrogen and oxygen atoms in total. The van der Waals surface area contributed by atoms with Crippen molar-refractivity contribution in [2.24, 2.45) is 5.10 Å². The second-order valence-electron chi connectivity index (χ2n) is 5.06. The summed E-state index contributed by atoms with van der Waals surface area (Å²) in [6.07, 6.45) is 1.75. The highest BCUT2D eigenvalue weighted by molar-refractivity contribution is 9.10. The van der Waals surface area contributed by atoms with E-state index in [9.17, 15) is 4.79 Å². The molecule has 0 aromatic heterocycles. The lowest BCUT2D eigenvalue weighted by molar-refractivity contribution is -0.120. The molecule has 25 heavy (non-hydrogen) atoms. The molecule has 0 saturated carbocycles. The van der Waals surface area contributed by atoms with E-state index in [0.717, 1.165) is 10.0 Å². The molecule has 2 aromatic carbocycles. The van der Waals surface area contributed by atoms with E-state index in [1.807, 2.05) is 31.2 Å².